The van der Waals surface area contributed by atoms with Gasteiger partial charge in [-0.1, -0.05) is 46.6 Å². The predicted octanol–water partition coefficient (Wildman–Crippen LogP) is 4.81. The third-order valence-corrected chi connectivity index (χ3v) is 5.39. The highest BCUT2D eigenvalue weighted by atomic mass is 79.9. The second-order valence-corrected chi connectivity index (χ2v) is 8.24. The van der Waals surface area contributed by atoms with Crippen LogP contribution in [0.5, 0.6) is 5.75 Å². The Labute approximate surface area is 185 Å². The molecule has 2 rings (SSSR count). The van der Waals surface area contributed by atoms with Crippen molar-refractivity contribution in [3.63, 3.8) is 0 Å². The summed E-state index contributed by atoms with van der Waals surface area (Å²) in [7, 11) is 0. The Morgan fingerprint density at radius 1 is 1.10 bits per heavy atom. The maximum atomic E-state index is 12.9. The second kappa shape index (κ2) is 11.2. The van der Waals surface area contributed by atoms with Crippen LogP contribution in [0.3, 0.4) is 0 Å². The first-order valence-electron chi connectivity index (χ1n) is 9.52. The minimum Gasteiger partial charge on any atom is -0.484 e. The van der Waals surface area contributed by atoms with Crippen LogP contribution < -0.4 is 10.1 Å². The summed E-state index contributed by atoms with van der Waals surface area (Å²) in [4.78, 5) is 27.1. The Morgan fingerprint density at radius 3 is 2.31 bits per heavy atom. The van der Waals surface area contributed by atoms with Crippen molar-refractivity contribution in [2.24, 2.45) is 0 Å². The molecule has 156 valence electrons. The topological polar surface area (TPSA) is 58.6 Å². The molecule has 0 saturated carbocycles. The molecule has 2 amide bonds. The van der Waals surface area contributed by atoms with Crippen LogP contribution in [0.25, 0.3) is 0 Å². The van der Waals surface area contributed by atoms with Gasteiger partial charge in [-0.3, -0.25) is 9.59 Å². The van der Waals surface area contributed by atoms with Crippen molar-refractivity contribution in [3.8, 4) is 5.75 Å². The molecule has 2 aromatic rings. The monoisotopic (exact) mass is 480 g/mol. The van der Waals surface area contributed by atoms with E-state index < -0.39 is 6.04 Å². The minimum atomic E-state index is -0.631. The van der Waals surface area contributed by atoms with Crippen LogP contribution in [0.1, 0.15) is 32.8 Å². The second-order valence-electron chi connectivity index (χ2n) is 6.88. The summed E-state index contributed by atoms with van der Waals surface area (Å²) in [6, 6.07) is 13.9. The number of nitrogens with zero attached hydrogens (tertiary/aromatic N) is 1. The van der Waals surface area contributed by atoms with E-state index in [0.29, 0.717) is 17.3 Å². The van der Waals surface area contributed by atoms with Gasteiger partial charge in [0, 0.05) is 22.1 Å². The molecule has 0 aliphatic carbocycles. The molecule has 2 aromatic carbocycles. The Hall–Kier alpha value is -2.05. The number of halogens is 2. The van der Waals surface area contributed by atoms with Crippen molar-refractivity contribution >= 4 is 39.3 Å². The van der Waals surface area contributed by atoms with Gasteiger partial charge in [0.1, 0.15) is 11.8 Å². The van der Waals surface area contributed by atoms with Gasteiger partial charge in [-0.25, -0.2) is 0 Å². The van der Waals surface area contributed by atoms with E-state index in [1.165, 1.54) is 4.90 Å². The van der Waals surface area contributed by atoms with Gasteiger partial charge in [0.05, 0.1) is 0 Å². The van der Waals surface area contributed by atoms with Gasteiger partial charge >= 0.3 is 0 Å². The van der Waals surface area contributed by atoms with Gasteiger partial charge in [0.25, 0.3) is 5.91 Å². The van der Waals surface area contributed by atoms with E-state index in [1.54, 1.807) is 31.2 Å². The van der Waals surface area contributed by atoms with Crippen molar-refractivity contribution in [1.29, 1.82) is 0 Å². The molecule has 0 aliphatic heterocycles. The van der Waals surface area contributed by atoms with E-state index >= 15 is 0 Å². The van der Waals surface area contributed by atoms with Gasteiger partial charge in [0.15, 0.2) is 6.61 Å². The maximum Gasteiger partial charge on any atom is 0.261 e. The van der Waals surface area contributed by atoms with E-state index in [-0.39, 0.29) is 24.5 Å². The summed E-state index contributed by atoms with van der Waals surface area (Å²) in [6.45, 7) is 5.82. The number of carbonyl (C=O) groups excluding carboxylic acids is 2. The van der Waals surface area contributed by atoms with Gasteiger partial charge in [-0.05, 0) is 62.2 Å². The number of hydrogen-bond donors (Lipinski definition) is 1. The Balaban J connectivity index is 2.13. The van der Waals surface area contributed by atoms with Crippen molar-refractivity contribution in [1.82, 2.24) is 10.2 Å². The van der Waals surface area contributed by atoms with Crippen molar-refractivity contribution in [3.05, 3.63) is 63.6 Å². The van der Waals surface area contributed by atoms with Crippen molar-refractivity contribution in [2.45, 2.75) is 45.8 Å². The van der Waals surface area contributed by atoms with Crippen LogP contribution in [0.2, 0.25) is 5.02 Å². The number of rotatable bonds is 9. The van der Waals surface area contributed by atoms with Crippen LogP contribution in [0.15, 0.2) is 53.0 Å². The molecule has 1 N–H and O–H groups in total. The van der Waals surface area contributed by atoms with Gasteiger partial charge in [-0.15, -0.1) is 0 Å². The summed E-state index contributed by atoms with van der Waals surface area (Å²) in [5, 5.41) is 3.54. The molecule has 2 atom stereocenters. The lowest BCUT2D eigenvalue weighted by molar-refractivity contribution is -0.142. The van der Waals surface area contributed by atoms with Crippen LogP contribution in [0, 0.1) is 0 Å². The Bertz CT molecular complexity index is 812. The number of carbonyl (C=O) groups is 2. The average Bonchev–Trinajstić information content (AvgIpc) is 2.72. The molecule has 0 unspecified atom stereocenters. The first-order valence-corrected chi connectivity index (χ1v) is 10.7. The third kappa shape index (κ3) is 7.37. The van der Waals surface area contributed by atoms with Crippen LogP contribution in [0.4, 0.5) is 0 Å². The molecule has 0 radical (unpaired) electrons. The highest BCUT2D eigenvalue weighted by Crippen LogP contribution is 2.17. The van der Waals surface area contributed by atoms with Crippen molar-refractivity contribution < 1.29 is 14.3 Å². The highest BCUT2D eigenvalue weighted by molar-refractivity contribution is 9.10. The lowest BCUT2D eigenvalue weighted by atomic mass is 10.1. The molecule has 0 heterocycles. The highest BCUT2D eigenvalue weighted by Gasteiger charge is 2.27. The Kier molecular flexibility index (Phi) is 8.99. The van der Waals surface area contributed by atoms with Crippen LogP contribution in [-0.2, 0) is 16.1 Å². The standard InChI is InChI=1S/C22H26BrClN2O3/c1-4-15(2)25-22(28)16(3)26(13-17-5-7-18(23)8-6-17)21(27)14-29-20-11-9-19(24)10-12-20/h5-12,15-16H,4,13-14H2,1-3H3,(H,25,28)/t15-,16+/m1/s1. The molecule has 7 heteroatoms. The zero-order valence-corrected chi connectivity index (χ0v) is 19.2. The smallest absolute Gasteiger partial charge is 0.261 e. The summed E-state index contributed by atoms with van der Waals surface area (Å²) in [5.74, 6) is 0.0917. The molecule has 0 spiro atoms. The zero-order valence-electron chi connectivity index (χ0n) is 16.8. The lowest BCUT2D eigenvalue weighted by Gasteiger charge is -2.29. The quantitative estimate of drug-likeness (QED) is 0.559. The molecule has 5 nitrogen and oxygen atoms in total. The van der Waals surface area contributed by atoms with E-state index in [4.69, 9.17) is 16.3 Å². The van der Waals surface area contributed by atoms with E-state index in [9.17, 15) is 9.59 Å². The van der Waals surface area contributed by atoms with Gasteiger partial charge in [-0.2, -0.15) is 0 Å². The average molecular weight is 482 g/mol. The summed E-state index contributed by atoms with van der Waals surface area (Å²) in [6.07, 6.45) is 0.818. The number of amides is 2. The predicted molar refractivity (Wildman–Crippen MR) is 119 cm³/mol. The van der Waals surface area contributed by atoms with Crippen LogP contribution in [-0.4, -0.2) is 35.4 Å². The largest absolute Gasteiger partial charge is 0.484 e. The Morgan fingerprint density at radius 2 is 1.72 bits per heavy atom. The lowest BCUT2D eigenvalue weighted by Crippen LogP contribution is -2.50. The van der Waals surface area contributed by atoms with Crippen LogP contribution >= 0.6 is 27.5 Å². The van der Waals surface area contributed by atoms with Gasteiger partial charge < -0.3 is 15.0 Å². The molecule has 0 aromatic heterocycles. The van der Waals surface area contributed by atoms with Crippen molar-refractivity contribution in [2.75, 3.05) is 6.61 Å². The summed E-state index contributed by atoms with van der Waals surface area (Å²) < 4.78 is 6.56. The molecule has 0 saturated heterocycles. The fourth-order valence-electron chi connectivity index (χ4n) is 2.59. The van der Waals surface area contributed by atoms with Gasteiger partial charge in [0.2, 0.25) is 5.91 Å². The first kappa shape index (κ1) is 23.2. The van der Waals surface area contributed by atoms with E-state index in [1.807, 2.05) is 38.1 Å². The normalized spacial score (nSPS) is 12.7. The summed E-state index contributed by atoms with van der Waals surface area (Å²) >= 11 is 9.29. The SMILES string of the molecule is CC[C@@H](C)NC(=O)[C@H](C)N(Cc1ccc(Br)cc1)C(=O)COc1ccc(Cl)cc1. The fourth-order valence-corrected chi connectivity index (χ4v) is 2.98. The first-order chi connectivity index (χ1) is 13.8. The third-order valence-electron chi connectivity index (χ3n) is 4.61. The molecule has 29 heavy (non-hydrogen) atoms. The molecular weight excluding hydrogens is 456 g/mol. The molecular formula is C22H26BrClN2O3. The fraction of sp³-hybridized carbons (Fsp3) is 0.364. The molecule has 0 fully saturated rings. The number of hydrogen-bond acceptors (Lipinski definition) is 3. The number of ether oxygens (including phenoxy) is 1. The molecule has 0 aliphatic rings. The zero-order chi connectivity index (χ0) is 21.4. The minimum absolute atomic E-state index is 0.0416. The van der Waals surface area contributed by atoms with E-state index in [0.717, 1.165) is 16.5 Å². The number of nitrogens with one attached hydrogen (secondary N) is 1. The maximum absolute atomic E-state index is 12.9. The van der Waals surface area contributed by atoms with E-state index in [2.05, 4.69) is 21.2 Å². The summed E-state index contributed by atoms with van der Waals surface area (Å²) in [5.41, 5.74) is 0.927. The number of benzene rings is 2. The molecule has 0 bridgehead atoms.